The van der Waals surface area contributed by atoms with Crippen molar-refractivity contribution in [2.75, 3.05) is 46.7 Å². The van der Waals surface area contributed by atoms with E-state index < -0.39 is 159 Å². The summed E-state index contributed by atoms with van der Waals surface area (Å²) >= 11 is 0. The summed E-state index contributed by atoms with van der Waals surface area (Å²) in [5, 5.41) is 3.66. The topological polar surface area (TPSA) is 292 Å². The van der Waals surface area contributed by atoms with Gasteiger partial charge in [0, 0.05) is 48.1 Å². The predicted molar refractivity (Wildman–Crippen MR) is 430 cm³/mol. The second-order valence-electron chi connectivity index (χ2n) is 30.3. The zero-order valence-corrected chi connectivity index (χ0v) is 66.8. The Kier molecular flexibility index (Phi) is 31.4. The van der Waals surface area contributed by atoms with Crippen molar-refractivity contribution in [3.05, 3.63) is 298 Å². The number of azide groups is 1. The molecule has 0 saturated carbocycles. The van der Waals surface area contributed by atoms with Crippen LogP contribution >= 0.6 is 0 Å². The Labute approximate surface area is 692 Å². The molecule has 8 aromatic rings. The third kappa shape index (κ3) is 22.7. The van der Waals surface area contributed by atoms with Crippen LogP contribution < -0.4 is 0 Å². The number of benzene rings is 8. The Bertz CT molecular complexity index is 4460. The fraction of sp³-hybridized carbons (Fsp3) is 0.441. The summed E-state index contributed by atoms with van der Waals surface area (Å²) < 4.78 is 131. The van der Waals surface area contributed by atoms with Gasteiger partial charge in [0.15, 0.2) is 62.2 Å². The molecule has 8 aromatic carbocycles. The molecular weight excluding hydrogens is 1530 g/mol. The van der Waals surface area contributed by atoms with Crippen LogP contribution in [0.2, 0.25) is 0 Å². The van der Waals surface area contributed by atoms with Gasteiger partial charge in [-0.3, -0.25) is 0 Å². The maximum Gasteiger partial charge on any atom is 0.338 e. The molecule has 6 aliphatic rings. The van der Waals surface area contributed by atoms with E-state index in [4.69, 9.17) is 95.5 Å². The number of ether oxygens (including phenoxy) is 19. The molecule has 6 heterocycles. The first-order valence-electron chi connectivity index (χ1n) is 41.1. The molecule has 26 nitrogen and oxygen atoms in total. The summed E-state index contributed by atoms with van der Waals surface area (Å²) in [5.41, 5.74) is 12.7. The number of unbranched alkanes of at least 4 members (excludes halogenated alkanes) is 7. The number of hydrogen-bond donors (Lipinski definition) is 0. The number of esters is 4. The minimum Gasteiger partial charge on any atom is -0.453 e. The lowest BCUT2D eigenvalue weighted by Gasteiger charge is -2.53. The maximum absolute atomic E-state index is 15.4. The first-order valence-corrected chi connectivity index (χ1v) is 41.1. The van der Waals surface area contributed by atoms with E-state index in [0.717, 1.165) is 61.6 Å². The van der Waals surface area contributed by atoms with Crippen molar-refractivity contribution in [2.24, 2.45) is 17.0 Å². The van der Waals surface area contributed by atoms with E-state index in [2.05, 4.69) is 10.0 Å². The highest BCUT2D eigenvalue weighted by Gasteiger charge is 2.61. The van der Waals surface area contributed by atoms with Crippen molar-refractivity contribution in [2.45, 2.75) is 202 Å². The van der Waals surface area contributed by atoms with Crippen LogP contribution in [0.15, 0.2) is 248 Å². The van der Waals surface area contributed by atoms with Gasteiger partial charge >= 0.3 is 23.9 Å². The molecule has 0 aromatic heterocycles. The third-order valence-electron chi connectivity index (χ3n) is 22.1. The van der Waals surface area contributed by atoms with Crippen LogP contribution in [0, 0.1) is 11.8 Å². The Morgan fingerprint density at radius 1 is 0.378 bits per heavy atom. The average Bonchev–Trinajstić information content (AvgIpc) is 0.754. The number of fused-ring (bicyclic) bond motifs is 2. The smallest absolute Gasteiger partial charge is 0.338 e. The Hall–Kier alpha value is -9.65. The van der Waals surface area contributed by atoms with Gasteiger partial charge in [0.05, 0.1) is 74.1 Å². The molecule has 628 valence electrons. The molecule has 119 heavy (non-hydrogen) atoms. The van der Waals surface area contributed by atoms with E-state index in [9.17, 15) is 9.59 Å². The summed E-state index contributed by atoms with van der Waals surface area (Å²) in [5.74, 6) is -4.71. The normalized spacial score (nSPS) is 29.1. The molecule has 6 aliphatic heterocycles. The molecule has 22 unspecified atom stereocenters. The van der Waals surface area contributed by atoms with Crippen molar-refractivity contribution in [3.63, 3.8) is 0 Å². The quantitative estimate of drug-likeness (QED) is 0.00872. The number of carbonyl (C=O) groups excluding carboxylic acids is 4. The molecule has 0 amide bonds. The zero-order valence-electron chi connectivity index (χ0n) is 66.8. The van der Waals surface area contributed by atoms with Gasteiger partial charge in [0.2, 0.25) is 0 Å². The van der Waals surface area contributed by atoms with E-state index in [1.165, 1.54) is 7.11 Å². The van der Waals surface area contributed by atoms with Crippen LogP contribution in [0.25, 0.3) is 10.4 Å². The van der Waals surface area contributed by atoms with E-state index in [1.807, 2.05) is 135 Å². The van der Waals surface area contributed by atoms with E-state index in [1.54, 1.807) is 121 Å². The van der Waals surface area contributed by atoms with Crippen LogP contribution in [0.5, 0.6) is 0 Å². The van der Waals surface area contributed by atoms with Crippen molar-refractivity contribution < 1.29 is 109 Å². The SMILES string of the molecule is COC1C2OC(c3ccccc3)OCC2OC(OC2C(COCc3ccccc3)OC(OC3C4OC(c5ccccc5)OCC4OC(OC4C(COCc5ccccc5)OC(OCCCCCCCCCCN=[N+]=[N-])C(OC(=O)c5ccccc5)C4C)C3OC(=O)c3ccccc3)C(OC(=O)c3ccccc3)C2C)C1OC(=O)c1ccccc1. The zero-order chi connectivity index (χ0) is 82.1. The first kappa shape index (κ1) is 85.8. The largest absolute Gasteiger partial charge is 0.453 e. The monoisotopic (exact) mass is 1630 g/mol. The van der Waals surface area contributed by atoms with Gasteiger partial charge in [-0.1, -0.05) is 252 Å². The van der Waals surface area contributed by atoms with Gasteiger partial charge in [-0.15, -0.1) is 0 Å². The van der Waals surface area contributed by atoms with Crippen LogP contribution in [-0.4, -0.2) is 181 Å². The fourth-order valence-electron chi connectivity index (χ4n) is 15.9. The molecule has 22 atom stereocenters. The summed E-state index contributed by atoms with van der Waals surface area (Å²) in [6, 6.07) is 71.8. The molecule has 0 N–H and O–H groups in total. The maximum atomic E-state index is 15.4. The molecule has 0 aliphatic carbocycles. The van der Waals surface area contributed by atoms with Crippen LogP contribution in [0.1, 0.15) is 141 Å². The first-order chi connectivity index (χ1) is 58.4. The molecule has 0 spiro atoms. The van der Waals surface area contributed by atoms with Gasteiger partial charge in [-0.05, 0) is 78.0 Å². The third-order valence-corrected chi connectivity index (χ3v) is 22.1. The van der Waals surface area contributed by atoms with Gasteiger partial charge in [-0.2, -0.15) is 0 Å². The number of hydrogen-bond acceptors (Lipinski definition) is 24. The van der Waals surface area contributed by atoms with Crippen LogP contribution in [0.3, 0.4) is 0 Å². The molecule has 0 bridgehead atoms. The second-order valence-corrected chi connectivity index (χ2v) is 30.3. The number of carbonyl (C=O) groups is 4. The van der Waals surface area contributed by atoms with Crippen LogP contribution in [0.4, 0.5) is 0 Å². The Morgan fingerprint density at radius 2 is 0.714 bits per heavy atom. The summed E-state index contributed by atoms with van der Waals surface area (Å²) in [7, 11) is 1.49. The summed E-state index contributed by atoms with van der Waals surface area (Å²) in [6.07, 6.45) is -17.0. The highest BCUT2D eigenvalue weighted by Crippen LogP contribution is 2.45. The lowest BCUT2D eigenvalue weighted by molar-refractivity contribution is -0.408. The molecule has 6 saturated heterocycles. The van der Waals surface area contributed by atoms with Crippen LogP contribution in [-0.2, 0) is 103 Å². The minimum absolute atomic E-state index is 0.00199. The molecular formula is C93H103N3O23. The van der Waals surface area contributed by atoms with Crippen molar-refractivity contribution >= 4 is 23.9 Å². The minimum atomic E-state index is -1.64. The average molecular weight is 1630 g/mol. The highest BCUT2D eigenvalue weighted by molar-refractivity contribution is 5.91. The second kappa shape index (κ2) is 43.5. The number of rotatable bonds is 37. The highest BCUT2D eigenvalue weighted by atomic mass is 16.8. The van der Waals surface area contributed by atoms with Gasteiger partial charge < -0.3 is 90.0 Å². The molecule has 14 rings (SSSR count). The molecule has 26 heteroatoms. The lowest BCUT2D eigenvalue weighted by atomic mass is 9.89. The Morgan fingerprint density at radius 3 is 1.13 bits per heavy atom. The summed E-state index contributed by atoms with van der Waals surface area (Å²) in [4.78, 5) is 62.6. The van der Waals surface area contributed by atoms with Crippen molar-refractivity contribution in [1.29, 1.82) is 0 Å². The standard InChI is InChI=1S/C93H103N3O23/c1-60-74(70(56-102-54-62-36-18-10-19-37-62)107-90(76(60)111-84(97)64-40-22-12-23-41-64)104-53-35-9-7-5-4-6-8-34-52-95-96-94)116-93-83(114-87(100)67-46-28-15-29-47-67)81(79-73(110-93)59-106-89(118-79)69-50-32-17-33-51-69)119-91-77(112-85(98)65-42-24-13-25-43-65)61(2)75(71(108-91)57-103-55-63-38-20-11-21-39-63)115-92-82(113-86(99)66-44-26-14-27-45-66)80(101-3)78-72(109-92)58-105-88(117-78)68-48-30-16-31-49-68/h10-33,36-51,60-61,70-83,88-93H,4-9,34-35,52-59H2,1-3H3. The lowest BCUT2D eigenvalue weighted by Crippen LogP contribution is -2.68. The van der Waals surface area contributed by atoms with E-state index >= 15 is 9.59 Å². The van der Waals surface area contributed by atoms with E-state index in [0.29, 0.717) is 18.5 Å². The fourth-order valence-corrected chi connectivity index (χ4v) is 15.9. The Balaban J connectivity index is 0.835. The molecule has 6 fully saturated rings. The number of nitrogens with zero attached hydrogens (tertiary/aromatic N) is 3. The number of methoxy groups -OCH3 is 1. The van der Waals surface area contributed by atoms with E-state index in [-0.39, 0.29) is 68.5 Å². The van der Waals surface area contributed by atoms with Gasteiger partial charge in [0.1, 0.15) is 48.8 Å². The van der Waals surface area contributed by atoms with Gasteiger partial charge in [-0.25, -0.2) is 19.2 Å². The van der Waals surface area contributed by atoms with Crippen molar-refractivity contribution in [3.8, 4) is 0 Å². The van der Waals surface area contributed by atoms with Gasteiger partial charge in [0.25, 0.3) is 0 Å². The van der Waals surface area contributed by atoms with Crippen molar-refractivity contribution in [1.82, 2.24) is 0 Å². The predicted octanol–water partition coefficient (Wildman–Crippen LogP) is 15.3. The summed E-state index contributed by atoms with van der Waals surface area (Å²) in [6.45, 7) is 4.27. The molecule has 0 radical (unpaired) electrons.